The zero-order valence-corrected chi connectivity index (χ0v) is 12.4. The van der Waals surface area contributed by atoms with Crippen LogP contribution in [-0.2, 0) is 19.9 Å². The van der Waals surface area contributed by atoms with Crippen LogP contribution in [0.25, 0.3) is 0 Å². The summed E-state index contributed by atoms with van der Waals surface area (Å²) in [4.78, 5) is 0. The molecular weight excluding hydrogens is 246 g/mol. The predicted octanol–water partition coefficient (Wildman–Crippen LogP) is 3.86. The molecule has 106 valence electrons. The summed E-state index contributed by atoms with van der Waals surface area (Å²) in [6.07, 6.45) is 7.97. The fourth-order valence-electron chi connectivity index (χ4n) is 3.11. The highest BCUT2D eigenvalue weighted by Crippen LogP contribution is 2.32. The number of benzene rings is 1. The Morgan fingerprint density at radius 1 is 1.30 bits per heavy atom. The molecule has 1 aliphatic carbocycles. The first-order valence-electron chi connectivity index (χ1n) is 7.64. The average Bonchev–Trinajstić information content (AvgIpc) is 2.84. The standard InChI is InChI=1S/C17H23N3/c1-3-5-13-8-10-14(11-9-13)19-16-6-4-7-17-15(16)12-18-20(17)2/h8-12,16,19H,3-7H2,1-2H3. The maximum absolute atomic E-state index is 4.41. The van der Waals surface area contributed by atoms with Crippen molar-refractivity contribution in [1.82, 2.24) is 9.78 Å². The first kappa shape index (κ1) is 13.2. The molecule has 2 aromatic rings. The first-order valence-corrected chi connectivity index (χ1v) is 7.64. The van der Waals surface area contributed by atoms with E-state index in [2.05, 4.69) is 41.6 Å². The minimum absolute atomic E-state index is 0.407. The van der Waals surface area contributed by atoms with Gasteiger partial charge in [0, 0.05) is 24.0 Å². The Bertz CT molecular complexity index is 568. The van der Waals surface area contributed by atoms with E-state index in [1.54, 1.807) is 0 Å². The van der Waals surface area contributed by atoms with Crippen molar-refractivity contribution < 1.29 is 0 Å². The van der Waals surface area contributed by atoms with Gasteiger partial charge in [0.2, 0.25) is 0 Å². The second-order valence-corrected chi connectivity index (χ2v) is 5.71. The summed E-state index contributed by atoms with van der Waals surface area (Å²) in [6.45, 7) is 2.22. The lowest BCUT2D eigenvalue weighted by Crippen LogP contribution is -2.17. The van der Waals surface area contributed by atoms with E-state index in [9.17, 15) is 0 Å². The van der Waals surface area contributed by atoms with Crippen molar-refractivity contribution in [3.05, 3.63) is 47.3 Å². The van der Waals surface area contributed by atoms with Gasteiger partial charge in [-0.15, -0.1) is 0 Å². The molecule has 0 saturated carbocycles. The summed E-state index contributed by atoms with van der Waals surface area (Å²) in [5.41, 5.74) is 5.39. The van der Waals surface area contributed by atoms with E-state index in [-0.39, 0.29) is 0 Å². The van der Waals surface area contributed by atoms with Gasteiger partial charge in [-0.2, -0.15) is 5.10 Å². The van der Waals surface area contributed by atoms with E-state index >= 15 is 0 Å². The third-order valence-corrected chi connectivity index (χ3v) is 4.21. The molecule has 3 nitrogen and oxygen atoms in total. The van der Waals surface area contributed by atoms with E-state index in [4.69, 9.17) is 0 Å². The molecule has 1 aliphatic rings. The molecule has 3 heteroatoms. The fraction of sp³-hybridized carbons (Fsp3) is 0.471. The summed E-state index contributed by atoms with van der Waals surface area (Å²) in [5, 5.41) is 8.07. The highest BCUT2D eigenvalue weighted by Gasteiger charge is 2.23. The molecule has 20 heavy (non-hydrogen) atoms. The molecule has 1 heterocycles. The van der Waals surface area contributed by atoms with Crippen LogP contribution in [0.4, 0.5) is 5.69 Å². The van der Waals surface area contributed by atoms with Gasteiger partial charge in [0.25, 0.3) is 0 Å². The molecule has 0 fully saturated rings. The molecule has 1 aromatic heterocycles. The summed E-state index contributed by atoms with van der Waals surface area (Å²) in [7, 11) is 2.04. The Kier molecular flexibility index (Phi) is 3.77. The molecule has 0 aliphatic heterocycles. The van der Waals surface area contributed by atoms with Crippen molar-refractivity contribution in [3.8, 4) is 0 Å². The van der Waals surface area contributed by atoms with Crippen molar-refractivity contribution in [2.24, 2.45) is 7.05 Å². The number of nitrogens with zero attached hydrogens (tertiary/aromatic N) is 2. The van der Waals surface area contributed by atoms with E-state index in [1.165, 1.54) is 41.8 Å². The van der Waals surface area contributed by atoms with E-state index in [1.807, 2.05) is 17.9 Å². The topological polar surface area (TPSA) is 29.9 Å². The number of nitrogens with one attached hydrogen (secondary N) is 1. The second-order valence-electron chi connectivity index (χ2n) is 5.71. The van der Waals surface area contributed by atoms with Crippen LogP contribution in [0.1, 0.15) is 49.0 Å². The minimum atomic E-state index is 0.407. The smallest absolute Gasteiger partial charge is 0.0547 e. The molecule has 1 unspecified atom stereocenters. The molecule has 3 rings (SSSR count). The largest absolute Gasteiger partial charge is 0.378 e. The van der Waals surface area contributed by atoms with Crippen LogP contribution in [0.3, 0.4) is 0 Å². The van der Waals surface area contributed by atoms with Crippen LogP contribution in [0.15, 0.2) is 30.5 Å². The third-order valence-electron chi connectivity index (χ3n) is 4.21. The van der Waals surface area contributed by atoms with Crippen LogP contribution in [0, 0.1) is 0 Å². The summed E-state index contributed by atoms with van der Waals surface area (Å²) in [6, 6.07) is 9.28. The van der Waals surface area contributed by atoms with Crippen molar-refractivity contribution in [2.45, 2.75) is 45.1 Å². The molecular formula is C17H23N3. The minimum Gasteiger partial charge on any atom is -0.378 e. The summed E-state index contributed by atoms with van der Waals surface area (Å²) in [5.74, 6) is 0. The maximum Gasteiger partial charge on any atom is 0.0547 e. The van der Waals surface area contributed by atoms with Gasteiger partial charge in [-0.25, -0.2) is 0 Å². The molecule has 0 bridgehead atoms. The van der Waals surface area contributed by atoms with E-state index in [0.29, 0.717) is 6.04 Å². The summed E-state index contributed by atoms with van der Waals surface area (Å²) < 4.78 is 2.02. The van der Waals surface area contributed by atoms with Gasteiger partial charge < -0.3 is 5.32 Å². The number of hydrogen-bond donors (Lipinski definition) is 1. The Balaban J connectivity index is 1.75. The lowest BCUT2D eigenvalue weighted by Gasteiger charge is -2.24. The van der Waals surface area contributed by atoms with Crippen molar-refractivity contribution in [3.63, 3.8) is 0 Å². The number of aromatic nitrogens is 2. The summed E-state index contributed by atoms with van der Waals surface area (Å²) >= 11 is 0. The highest BCUT2D eigenvalue weighted by molar-refractivity contribution is 5.47. The molecule has 0 amide bonds. The Labute approximate surface area is 121 Å². The average molecular weight is 269 g/mol. The number of anilines is 1. The van der Waals surface area contributed by atoms with Crippen molar-refractivity contribution in [2.75, 3.05) is 5.32 Å². The second kappa shape index (κ2) is 5.70. The monoisotopic (exact) mass is 269 g/mol. The Morgan fingerprint density at radius 2 is 2.10 bits per heavy atom. The van der Waals surface area contributed by atoms with Gasteiger partial charge in [0.05, 0.1) is 12.2 Å². The van der Waals surface area contributed by atoms with Crippen LogP contribution in [-0.4, -0.2) is 9.78 Å². The Hall–Kier alpha value is -1.77. The molecule has 0 saturated heterocycles. The molecule has 0 spiro atoms. The van der Waals surface area contributed by atoms with Crippen LogP contribution in [0.5, 0.6) is 0 Å². The highest BCUT2D eigenvalue weighted by atomic mass is 15.3. The fourth-order valence-corrected chi connectivity index (χ4v) is 3.11. The van der Waals surface area contributed by atoms with Gasteiger partial charge in [0.15, 0.2) is 0 Å². The number of rotatable bonds is 4. The maximum atomic E-state index is 4.41. The molecule has 1 atom stereocenters. The number of fused-ring (bicyclic) bond motifs is 1. The number of hydrogen-bond acceptors (Lipinski definition) is 2. The van der Waals surface area contributed by atoms with Crippen molar-refractivity contribution in [1.29, 1.82) is 0 Å². The Morgan fingerprint density at radius 3 is 2.85 bits per heavy atom. The van der Waals surface area contributed by atoms with Crippen LogP contribution in [0.2, 0.25) is 0 Å². The van der Waals surface area contributed by atoms with E-state index < -0.39 is 0 Å². The van der Waals surface area contributed by atoms with Crippen molar-refractivity contribution >= 4 is 5.69 Å². The predicted molar refractivity (Wildman–Crippen MR) is 82.9 cm³/mol. The first-order chi connectivity index (χ1) is 9.78. The lowest BCUT2D eigenvalue weighted by molar-refractivity contribution is 0.571. The zero-order chi connectivity index (χ0) is 13.9. The van der Waals surface area contributed by atoms with Gasteiger partial charge in [-0.05, 0) is 43.4 Å². The SMILES string of the molecule is CCCc1ccc(NC2CCCc3c2cnn3C)cc1. The lowest BCUT2D eigenvalue weighted by atomic mass is 9.92. The van der Waals surface area contributed by atoms with E-state index in [0.717, 1.165) is 12.8 Å². The molecule has 0 radical (unpaired) electrons. The third kappa shape index (κ3) is 2.58. The van der Waals surface area contributed by atoms with Gasteiger partial charge >= 0.3 is 0 Å². The normalized spacial score (nSPS) is 17.8. The number of aryl methyl sites for hydroxylation is 2. The molecule has 1 N–H and O–H groups in total. The zero-order valence-electron chi connectivity index (χ0n) is 12.4. The van der Waals surface area contributed by atoms with Gasteiger partial charge in [-0.1, -0.05) is 25.5 Å². The van der Waals surface area contributed by atoms with Crippen LogP contribution < -0.4 is 5.32 Å². The molecule has 1 aromatic carbocycles. The van der Waals surface area contributed by atoms with Crippen LogP contribution >= 0.6 is 0 Å². The quantitative estimate of drug-likeness (QED) is 0.913. The van der Waals surface area contributed by atoms with Gasteiger partial charge in [-0.3, -0.25) is 4.68 Å². The van der Waals surface area contributed by atoms with Gasteiger partial charge in [0.1, 0.15) is 0 Å².